The maximum Gasteiger partial charge on any atom is 0.322 e. The van der Waals surface area contributed by atoms with Crippen LogP contribution in [0.1, 0.15) is 24.8 Å². The molecule has 180 valence electrons. The number of carboxylic acids is 2. The number of carbonyl (C=O) groups excluding carboxylic acids is 2. The summed E-state index contributed by atoms with van der Waals surface area (Å²) in [4.78, 5) is 45.6. The van der Waals surface area contributed by atoms with Gasteiger partial charge in [-0.25, -0.2) is 0 Å². The fraction of sp³-hybridized carbons (Fsp3) is 0.364. The van der Waals surface area contributed by atoms with Gasteiger partial charge in [0, 0.05) is 22.4 Å². The first-order valence-electron chi connectivity index (χ1n) is 10.1. The fourth-order valence-corrected chi connectivity index (χ4v) is 3.69. The molecule has 33 heavy (non-hydrogen) atoms. The maximum absolute atomic E-state index is 12.2. The van der Waals surface area contributed by atoms with Crippen molar-refractivity contribution in [1.29, 1.82) is 0 Å². The van der Waals surface area contributed by atoms with Crippen molar-refractivity contribution in [3.63, 3.8) is 0 Å². The van der Waals surface area contributed by atoms with E-state index in [1.54, 1.807) is 0 Å². The number of nitrogens with two attached hydrogens (primary N) is 1. The van der Waals surface area contributed by atoms with Gasteiger partial charge in [-0.15, -0.1) is 0 Å². The zero-order valence-electron chi connectivity index (χ0n) is 17.9. The van der Waals surface area contributed by atoms with Crippen molar-refractivity contribution in [2.45, 2.75) is 37.1 Å². The van der Waals surface area contributed by atoms with Gasteiger partial charge in [-0.1, -0.05) is 52.4 Å². The van der Waals surface area contributed by atoms with Crippen LogP contribution in [0.3, 0.4) is 0 Å². The highest BCUT2D eigenvalue weighted by atomic mass is 79.9. The Morgan fingerprint density at radius 1 is 1.09 bits per heavy atom. The highest BCUT2D eigenvalue weighted by molar-refractivity contribution is 9.10. The van der Waals surface area contributed by atoms with Crippen molar-refractivity contribution in [3.05, 3.63) is 58.6 Å². The Balaban J connectivity index is 0.000000953. The van der Waals surface area contributed by atoms with Crippen molar-refractivity contribution < 1.29 is 29.4 Å². The van der Waals surface area contributed by atoms with E-state index < -0.39 is 42.4 Å². The van der Waals surface area contributed by atoms with Crippen LogP contribution in [-0.2, 0) is 24.9 Å². The lowest BCUT2D eigenvalue weighted by atomic mass is 10.1. The number of amides is 2. The lowest BCUT2D eigenvalue weighted by Crippen LogP contribution is -2.49. The average Bonchev–Trinajstić information content (AvgIpc) is 3.36. The molecule has 0 fully saturated rings. The van der Waals surface area contributed by atoms with Crippen molar-refractivity contribution in [2.24, 2.45) is 5.73 Å². The second kappa shape index (κ2) is 16.1. The van der Waals surface area contributed by atoms with Crippen molar-refractivity contribution >= 4 is 51.4 Å². The Morgan fingerprint density at radius 3 is 2.24 bits per heavy atom. The second-order valence-electron chi connectivity index (χ2n) is 6.95. The molecule has 9 nitrogen and oxygen atoms in total. The molecule has 0 saturated heterocycles. The lowest BCUT2D eigenvalue weighted by Gasteiger charge is -2.18. The molecule has 6 N–H and O–H groups in total. The summed E-state index contributed by atoms with van der Waals surface area (Å²) in [6.07, 6.45) is 9.27. The largest absolute Gasteiger partial charge is 0.480 e. The van der Waals surface area contributed by atoms with Crippen LogP contribution in [0, 0.1) is 0 Å². The molecular weight excluding hydrogens is 514 g/mol. The molecule has 0 aliphatic heterocycles. The van der Waals surface area contributed by atoms with Crippen LogP contribution < -0.4 is 16.4 Å². The first-order chi connectivity index (χ1) is 15.7. The number of carboxylic acid groups (broad SMARTS) is 2. The van der Waals surface area contributed by atoms with Gasteiger partial charge in [0.15, 0.2) is 0 Å². The van der Waals surface area contributed by atoms with Gasteiger partial charge in [-0.2, -0.15) is 11.8 Å². The van der Waals surface area contributed by atoms with Crippen LogP contribution in [0.15, 0.2) is 53.0 Å². The van der Waals surface area contributed by atoms with E-state index in [0.29, 0.717) is 5.75 Å². The molecule has 11 heteroatoms. The topological polar surface area (TPSA) is 159 Å². The predicted molar refractivity (Wildman–Crippen MR) is 131 cm³/mol. The number of nitrogens with one attached hydrogen (secondary N) is 2. The zero-order chi connectivity index (χ0) is 24.6. The number of rotatable bonds is 12. The van der Waals surface area contributed by atoms with Crippen LogP contribution in [0.5, 0.6) is 0 Å². The summed E-state index contributed by atoms with van der Waals surface area (Å²) in [5, 5.41) is 22.2. The predicted octanol–water partition coefficient (Wildman–Crippen LogP) is 2.06. The van der Waals surface area contributed by atoms with Crippen LogP contribution in [0.4, 0.5) is 0 Å². The minimum absolute atomic E-state index is 0.0728. The Kier molecular flexibility index (Phi) is 13.8. The summed E-state index contributed by atoms with van der Waals surface area (Å²) in [6.45, 7) is -0.563. The maximum atomic E-state index is 12.2. The molecule has 0 heterocycles. The quantitative estimate of drug-likeness (QED) is 0.269. The van der Waals surface area contributed by atoms with Crippen LogP contribution >= 0.6 is 27.7 Å². The van der Waals surface area contributed by atoms with Crippen LogP contribution in [0.2, 0.25) is 0 Å². The van der Waals surface area contributed by atoms with Crippen molar-refractivity contribution in [2.75, 3.05) is 12.3 Å². The molecule has 0 spiro atoms. The summed E-state index contributed by atoms with van der Waals surface area (Å²) < 4.78 is 0.944. The first-order valence-corrected chi connectivity index (χ1v) is 12.0. The Hall–Kier alpha value is -2.63. The number of hydrogen-bond acceptors (Lipinski definition) is 6. The third kappa shape index (κ3) is 13.5. The molecule has 0 saturated carbocycles. The lowest BCUT2D eigenvalue weighted by molar-refractivity contribution is -0.139. The van der Waals surface area contributed by atoms with Gasteiger partial charge >= 0.3 is 11.9 Å². The Morgan fingerprint density at radius 2 is 1.73 bits per heavy atom. The molecule has 0 radical (unpaired) electrons. The molecule has 0 aromatic heterocycles. The number of aliphatic carboxylic acids is 2. The van der Waals surface area contributed by atoms with Crippen molar-refractivity contribution in [1.82, 2.24) is 10.6 Å². The zero-order valence-corrected chi connectivity index (χ0v) is 20.3. The van der Waals surface area contributed by atoms with E-state index >= 15 is 0 Å². The second-order valence-corrected chi connectivity index (χ2v) is 8.89. The summed E-state index contributed by atoms with van der Waals surface area (Å²) >= 11 is 4.74. The third-order valence-corrected chi connectivity index (χ3v) is 5.82. The van der Waals surface area contributed by atoms with Gasteiger partial charge in [0.25, 0.3) is 0 Å². The van der Waals surface area contributed by atoms with Gasteiger partial charge in [0.1, 0.15) is 18.6 Å². The summed E-state index contributed by atoms with van der Waals surface area (Å²) in [7, 11) is 0. The summed E-state index contributed by atoms with van der Waals surface area (Å²) in [5.74, 6) is -2.76. The number of thioether (sulfide) groups is 1. The molecule has 2 amide bonds. The number of hydrogen-bond donors (Lipinski definition) is 5. The van der Waals surface area contributed by atoms with Gasteiger partial charge in [-0.3, -0.25) is 19.2 Å². The van der Waals surface area contributed by atoms with E-state index in [2.05, 4.69) is 50.9 Å². The number of benzene rings is 1. The van der Waals surface area contributed by atoms with Gasteiger partial charge < -0.3 is 26.6 Å². The first kappa shape index (κ1) is 28.4. The number of allylic oxidation sites excluding steroid dienone is 4. The number of carbonyl (C=O) groups is 4. The molecule has 0 bridgehead atoms. The van der Waals surface area contributed by atoms with E-state index in [4.69, 9.17) is 15.9 Å². The highest BCUT2D eigenvalue weighted by Crippen LogP contribution is 2.16. The molecule has 2 rings (SSSR count). The minimum Gasteiger partial charge on any atom is -0.480 e. The highest BCUT2D eigenvalue weighted by Gasteiger charge is 2.22. The Bertz CT molecular complexity index is 850. The molecule has 1 aromatic carbocycles. The molecule has 1 aliphatic carbocycles. The Labute approximate surface area is 205 Å². The van der Waals surface area contributed by atoms with Gasteiger partial charge in [-0.05, 0) is 30.5 Å². The third-order valence-electron chi connectivity index (χ3n) is 4.19. The standard InChI is InChI=1S/C17H22BrN3O6S.C5H6/c18-11-3-1-10(2-4-11)8-28-9-13(16(25)20-7-15(23)24)21-14(22)6-5-12(19)17(26)27;1-2-4-5-3-1/h1-4,12-13H,5-9,19H2,(H,20,25)(H,21,22)(H,23,24)(H,26,27);1-4H,5H2. The minimum atomic E-state index is -1.21. The van der Waals surface area contributed by atoms with Crippen LogP contribution in [-0.4, -0.2) is 58.3 Å². The molecular formula is C22H28BrN3O6S. The van der Waals surface area contributed by atoms with Crippen molar-refractivity contribution in [3.8, 4) is 0 Å². The van der Waals surface area contributed by atoms with E-state index in [9.17, 15) is 19.2 Å². The van der Waals surface area contributed by atoms with E-state index in [1.807, 2.05) is 24.3 Å². The van der Waals surface area contributed by atoms with E-state index in [0.717, 1.165) is 16.5 Å². The van der Waals surface area contributed by atoms with Crippen LogP contribution in [0.25, 0.3) is 0 Å². The van der Waals surface area contributed by atoms with Gasteiger partial charge in [0.2, 0.25) is 11.8 Å². The molecule has 2 atom stereocenters. The van der Waals surface area contributed by atoms with Gasteiger partial charge in [0.05, 0.1) is 0 Å². The monoisotopic (exact) mass is 541 g/mol. The van der Waals surface area contributed by atoms with E-state index in [1.165, 1.54) is 11.8 Å². The smallest absolute Gasteiger partial charge is 0.322 e. The normalized spacial score (nSPS) is 13.4. The summed E-state index contributed by atoms with van der Waals surface area (Å²) in [6, 6.07) is 5.50. The molecule has 1 aliphatic rings. The summed E-state index contributed by atoms with van der Waals surface area (Å²) in [5.41, 5.74) is 6.38. The molecule has 2 unspecified atom stereocenters. The molecule has 1 aromatic rings. The van der Waals surface area contributed by atoms with E-state index in [-0.39, 0.29) is 18.6 Å². The SMILES string of the molecule is C1=CCC=C1.NC(CCC(=O)NC(CSCc1ccc(Br)cc1)C(=O)NCC(=O)O)C(=O)O. The fourth-order valence-electron chi connectivity index (χ4n) is 2.41. The number of halogens is 1. The average molecular weight is 542 g/mol.